The molecule has 1 aromatic heterocycles. The first kappa shape index (κ1) is 16.3. The lowest BCUT2D eigenvalue weighted by molar-refractivity contribution is -0.142. The highest BCUT2D eigenvalue weighted by Crippen LogP contribution is 2.09. The number of nitrogens with zero attached hydrogens (tertiary/aromatic N) is 2. The molecule has 7 heteroatoms. The molecule has 6 nitrogen and oxygen atoms in total. The van der Waals surface area contributed by atoms with E-state index in [4.69, 9.17) is 4.74 Å². The molecule has 0 saturated heterocycles. The van der Waals surface area contributed by atoms with Crippen LogP contribution in [0.2, 0.25) is 6.82 Å². The predicted molar refractivity (Wildman–Crippen MR) is 84.3 cm³/mol. The molecule has 0 radical (unpaired) electrons. The van der Waals surface area contributed by atoms with Gasteiger partial charge in [0.05, 0.1) is 13.4 Å². The fourth-order valence-electron chi connectivity index (χ4n) is 2.29. The van der Waals surface area contributed by atoms with Gasteiger partial charge in [0.15, 0.2) is 0 Å². The van der Waals surface area contributed by atoms with Crippen LogP contribution in [0.5, 0.6) is 0 Å². The third kappa shape index (κ3) is 4.44. The van der Waals surface area contributed by atoms with Crippen LogP contribution in [0, 0.1) is 0 Å². The van der Waals surface area contributed by atoms with Crippen LogP contribution < -0.4 is 5.23 Å². The molecule has 0 aliphatic carbocycles. The SMILES string of the molecule is COC(=O)[C@H](Cc1cncn1Cc1ccccc1)NB(C)O. The summed E-state index contributed by atoms with van der Waals surface area (Å²) in [4.78, 5) is 16.0. The van der Waals surface area contributed by atoms with Crippen LogP contribution in [-0.4, -0.2) is 40.7 Å². The summed E-state index contributed by atoms with van der Waals surface area (Å²) in [5.41, 5.74) is 2.05. The fraction of sp³-hybridized carbons (Fsp3) is 0.333. The van der Waals surface area contributed by atoms with Gasteiger partial charge in [0, 0.05) is 24.9 Å². The van der Waals surface area contributed by atoms with Gasteiger partial charge in [-0.05, 0) is 12.4 Å². The number of nitrogens with one attached hydrogen (secondary N) is 1. The molecule has 0 saturated carbocycles. The van der Waals surface area contributed by atoms with Crippen LogP contribution in [-0.2, 0) is 22.5 Å². The van der Waals surface area contributed by atoms with Gasteiger partial charge in [-0.25, -0.2) is 4.98 Å². The predicted octanol–water partition coefficient (Wildman–Crippen LogP) is 0.715. The lowest BCUT2D eigenvalue weighted by atomic mass is 9.86. The lowest BCUT2D eigenvalue weighted by Gasteiger charge is -2.18. The number of esters is 1. The number of benzene rings is 1. The molecule has 2 N–H and O–H groups in total. The Labute approximate surface area is 130 Å². The minimum Gasteiger partial charge on any atom is -0.468 e. The van der Waals surface area contributed by atoms with Gasteiger partial charge in [0.25, 0.3) is 0 Å². The highest BCUT2D eigenvalue weighted by atomic mass is 16.5. The molecule has 2 rings (SSSR count). The number of ether oxygens (including phenoxy) is 1. The van der Waals surface area contributed by atoms with Crippen molar-refractivity contribution in [2.75, 3.05) is 7.11 Å². The lowest BCUT2D eigenvalue weighted by Crippen LogP contribution is -2.47. The van der Waals surface area contributed by atoms with Crippen LogP contribution in [0.4, 0.5) is 0 Å². The number of hydrogen-bond donors (Lipinski definition) is 2. The van der Waals surface area contributed by atoms with Crippen LogP contribution in [0.25, 0.3) is 0 Å². The monoisotopic (exact) mass is 301 g/mol. The Bertz CT molecular complexity index is 601. The second-order valence-corrected chi connectivity index (χ2v) is 5.12. The second kappa shape index (κ2) is 7.77. The van der Waals surface area contributed by atoms with Crippen molar-refractivity contribution in [3.05, 3.63) is 54.1 Å². The zero-order valence-electron chi connectivity index (χ0n) is 12.8. The molecule has 0 aliphatic rings. The van der Waals surface area contributed by atoms with Crippen molar-refractivity contribution in [2.45, 2.75) is 25.8 Å². The van der Waals surface area contributed by atoms with Crippen molar-refractivity contribution in [3.63, 3.8) is 0 Å². The molecule has 0 aliphatic heterocycles. The van der Waals surface area contributed by atoms with Crippen LogP contribution in [0.3, 0.4) is 0 Å². The summed E-state index contributed by atoms with van der Waals surface area (Å²) in [5, 5.41) is 12.3. The number of aromatic nitrogens is 2. The Balaban J connectivity index is 2.11. The maximum absolute atomic E-state index is 11.8. The zero-order valence-corrected chi connectivity index (χ0v) is 12.8. The maximum atomic E-state index is 11.8. The Morgan fingerprint density at radius 1 is 1.45 bits per heavy atom. The summed E-state index contributed by atoms with van der Waals surface area (Å²) in [7, 11) is 0.537. The number of imidazole rings is 1. The van der Waals surface area contributed by atoms with Crippen molar-refractivity contribution in [1.29, 1.82) is 0 Å². The Morgan fingerprint density at radius 2 is 2.18 bits per heavy atom. The standard InChI is InChI=1S/C15H20BN3O3/c1-16(21)18-14(15(20)22-2)8-13-9-17-11-19(13)10-12-6-4-3-5-7-12/h3-7,9,11,14,18,21H,8,10H2,1-2H3/t14-/m0/s1. The van der Waals surface area contributed by atoms with Gasteiger partial charge in [-0.3, -0.25) is 4.79 Å². The molecule has 0 fully saturated rings. The normalized spacial score (nSPS) is 12.0. The largest absolute Gasteiger partial charge is 0.468 e. The highest BCUT2D eigenvalue weighted by Gasteiger charge is 2.23. The average Bonchev–Trinajstić information content (AvgIpc) is 2.93. The average molecular weight is 301 g/mol. The van der Waals surface area contributed by atoms with E-state index in [1.807, 2.05) is 34.9 Å². The molecule has 1 atom stereocenters. The summed E-state index contributed by atoms with van der Waals surface area (Å²) in [5.74, 6) is -0.409. The molecule has 2 aromatic rings. The molecular weight excluding hydrogens is 281 g/mol. The number of rotatable bonds is 7. The van der Waals surface area contributed by atoms with E-state index in [1.165, 1.54) is 7.11 Å². The first-order chi connectivity index (χ1) is 10.6. The highest BCUT2D eigenvalue weighted by molar-refractivity contribution is 6.46. The first-order valence-corrected chi connectivity index (χ1v) is 7.15. The third-order valence-electron chi connectivity index (χ3n) is 3.34. The van der Waals surface area contributed by atoms with Crippen molar-refractivity contribution < 1.29 is 14.6 Å². The van der Waals surface area contributed by atoms with E-state index in [0.717, 1.165) is 11.3 Å². The van der Waals surface area contributed by atoms with Gasteiger partial charge < -0.3 is 19.6 Å². The Hall–Kier alpha value is -2.12. The molecular formula is C15H20BN3O3. The zero-order chi connectivity index (χ0) is 15.9. The number of methoxy groups -OCH3 is 1. The van der Waals surface area contributed by atoms with Gasteiger partial charge >= 0.3 is 13.0 Å². The second-order valence-electron chi connectivity index (χ2n) is 5.12. The van der Waals surface area contributed by atoms with Crippen LogP contribution in [0.15, 0.2) is 42.9 Å². The molecule has 1 heterocycles. The van der Waals surface area contributed by atoms with E-state index in [9.17, 15) is 9.82 Å². The quantitative estimate of drug-likeness (QED) is 0.582. The first-order valence-electron chi connectivity index (χ1n) is 7.15. The van der Waals surface area contributed by atoms with E-state index >= 15 is 0 Å². The van der Waals surface area contributed by atoms with E-state index in [0.29, 0.717) is 13.0 Å². The summed E-state index contributed by atoms with van der Waals surface area (Å²) < 4.78 is 6.76. The van der Waals surface area contributed by atoms with E-state index in [2.05, 4.69) is 10.2 Å². The summed E-state index contributed by atoms with van der Waals surface area (Å²) in [6.07, 6.45) is 3.85. The minimum atomic E-state index is -0.797. The number of carbonyl (C=O) groups excluding carboxylic acids is 1. The van der Waals surface area contributed by atoms with E-state index in [-0.39, 0.29) is 0 Å². The van der Waals surface area contributed by atoms with Crippen molar-refractivity contribution in [1.82, 2.24) is 14.8 Å². The number of hydrogen-bond acceptors (Lipinski definition) is 5. The van der Waals surface area contributed by atoms with Crippen molar-refractivity contribution >= 4 is 13.0 Å². The third-order valence-corrected chi connectivity index (χ3v) is 3.34. The van der Waals surface area contributed by atoms with Gasteiger partial charge in [0.2, 0.25) is 0 Å². The molecule has 1 aromatic carbocycles. The van der Waals surface area contributed by atoms with Gasteiger partial charge in [-0.1, -0.05) is 30.3 Å². The molecule has 22 heavy (non-hydrogen) atoms. The Kier molecular flexibility index (Phi) is 5.74. The van der Waals surface area contributed by atoms with Gasteiger partial charge in [-0.15, -0.1) is 0 Å². The minimum absolute atomic E-state index is 0.393. The number of carbonyl (C=O) groups is 1. The van der Waals surface area contributed by atoms with Crippen LogP contribution >= 0.6 is 0 Å². The molecule has 0 unspecified atom stereocenters. The van der Waals surface area contributed by atoms with Gasteiger partial charge in [-0.2, -0.15) is 0 Å². The van der Waals surface area contributed by atoms with E-state index < -0.39 is 19.1 Å². The Morgan fingerprint density at radius 3 is 2.82 bits per heavy atom. The molecule has 0 bridgehead atoms. The molecule has 116 valence electrons. The van der Waals surface area contributed by atoms with Crippen LogP contribution in [0.1, 0.15) is 11.3 Å². The topological polar surface area (TPSA) is 76.4 Å². The summed E-state index contributed by atoms with van der Waals surface area (Å²) in [6.45, 7) is 2.25. The maximum Gasteiger partial charge on any atom is 0.374 e. The summed E-state index contributed by atoms with van der Waals surface area (Å²) >= 11 is 0. The van der Waals surface area contributed by atoms with Gasteiger partial charge in [0.1, 0.15) is 6.04 Å². The van der Waals surface area contributed by atoms with E-state index in [1.54, 1.807) is 19.3 Å². The smallest absolute Gasteiger partial charge is 0.374 e. The fourth-order valence-corrected chi connectivity index (χ4v) is 2.29. The molecule has 0 spiro atoms. The summed E-state index contributed by atoms with van der Waals surface area (Å²) in [6, 6.07) is 9.40. The van der Waals surface area contributed by atoms with Crippen molar-refractivity contribution in [3.8, 4) is 0 Å². The van der Waals surface area contributed by atoms with Crippen molar-refractivity contribution in [2.24, 2.45) is 0 Å². The molecule has 0 amide bonds.